The number of thiazole rings is 1. The fraction of sp³-hybridized carbons (Fsp3) is 0.0625. The highest BCUT2D eigenvalue weighted by molar-refractivity contribution is 7.92. The van der Waals surface area contributed by atoms with Crippen molar-refractivity contribution >= 4 is 32.2 Å². The maximum atomic E-state index is 12.9. The molecule has 3 rings (SSSR count). The number of carbonyl (C=O) groups is 1. The Labute approximate surface area is 147 Å². The quantitative estimate of drug-likeness (QED) is 0.691. The van der Waals surface area contributed by atoms with Crippen LogP contribution in [0.25, 0.3) is 11.3 Å². The van der Waals surface area contributed by atoms with Crippen molar-refractivity contribution in [1.82, 2.24) is 9.97 Å². The van der Waals surface area contributed by atoms with Gasteiger partial charge in [0.1, 0.15) is 11.6 Å². The molecule has 25 heavy (non-hydrogen) atoms. The molecule has 6 nitrogen and oxygen atoms in total. The minimum Gasteiger partial charge on any atom is -0.301 e. The Bertz CT molecular complexity index is 987. The van der Waals surface area contributed by atoms with Crippen molar-refractivity contribution in [3.05, 3.63) is 60.0 Å². The Morgan fingerprint density at radius 3 is 2.64 bits per heavy atom. The number of sulfone groups is 1. The highest BCUT2D eigenvalue weighted by atomic mass is 32.2. The molecule has 0 saturated carbocycles. The van der Waals surface area contributed by atoms with Gasteiger partial charge in [-0.1, -0.05) is 0 Å². The monoisotopic (exact) mass is 377 g/mol. The topological polar surface area (TPSA) is 89.0 Å². The molecule has 9 heteroatoms. The summed E-state index contributed by atoms with van der Waals surface area (Å²) in [5.74, 6) is -2.01. The maximum absolute atomic E-state index is 12.9. The van der Waals surface area contributed by atoms with Crippen molar-refractivity contribution in [3.8, 4) is 11.3 Å². The average Bonchev–Trinajstić information content (AvgIpc) is 3.04. The lowest BCUT2D eigenvalue weighted by atomic mass is 10.2. The molecule has 0 radical (unpaired) electrons. The number of carbonyl (C=O) groups excluding carboxylic acids is 1. The molecule has 0 aliphatic carbocycles. The van der Waals surface area contributed by atoms with Gasteiger partial charge in [0.05, 0.1) is 10.6 Å². The summed E-state index contributed by atoms with van der Waals surface area (Å²) in [6.07, 6.45) is 3.28. The van der Waals surface area contributed by atoms with Gasteiger partial charge in [0.25, 0.3) is 0 Å². The predicted octanol–water partition coefficient (Wildman–Crippen LogP) is 2.76. The zero-order chi connectivity index (χ0) is 17.9. The Balaban J connectivity index is 1.69. The van der Waals surface area contributed by atoms with Gasteiger partial charge in [0.15, 0.2) is 15.0 Å². The van der Waals surface area contributed by atoms with Crippen molar-refractivity contribution in [2.45, 2.75) is 4.90 Å². The van der Waals surface area contributed by atoms with Crippen LogP contribution in [0.15, 0.2) is 59.1 Å². The first-order valence-corrected chi connectivity index (χ1v) is 9.61. The highest BCUT2D eigenvalue weighted by Gasteiger charge is 2.20. The number of hydrogen-bond acceptors (Lipinski definition) is 6. The van der Waals surface area contributed by atoms with Crippen LogP contribution in [0, 0.1) is 5.82 Å². The molecule has 0 spiro atoms. The average molecular weight is 377 g/mol. The molecule has 0 atom stereocenters. The van der Waals surface area contributed by atoms with E-state index in [-0.39, 0.29) is 10.0 Å². The molecule has 0 bridgehead atoms. The number of aromatic nitrogens is 2. The molecule has 1 N–H and O–H groups in total. The van der Waals surface area contributed by atoms with Gasteiger partial charge < -0.3 is 5.32 Å². The second-order valence-corrected chi connectivity index (χ2v) is 7.89. The van der Waals surface area contributed by atoms with E-state index in [1.807, 2.05) is 6.07 Å². The number of nitrogens with zero attached hydrogens (tertiary/aromatic N) is 2. The molecule has 128 valence electrons. The molecular weight excluding hydrogens is 365 g/mol. The van der Waals surface area contributed by atoms with Gasteiger partial charge >= 0.3 is 0 Å². The van der Waals surface area contributed by atoms with Gasteiger partial charge in [0, 0.05) is 23.3 Å². The van der Waals surface area contributed by atoms with Crippen LogP contribution in [0.5, 0.6) is 0 Å². The molecule has 0 aliphatic heterocycles. The Morgan fingerprint density at radius 1 is 1.20 bits per heavy atom. The summed E-state index contributed by atoms with van der Waals surface area (Å²) in [5.41, 5.74) is 1.42. The van der Waals surface area contributed by atoms with Gasteiger partial charge in [-0.3, -0.25) is 9.78 Å². The summed E-state index contributed by atoms with van der Waals surface area (Å²) in [5, 5.41) is 4.49. The van der Waals surface area contributed by atoms with Gasteiger partial charge in [-0.25, -0.2) is 17.8 Å². The van der Waals surface area contributed by atoms with E-state index in [9.17, 15) is 17.6 Å². The number of benzene rings is 1. The molecule has 0 aliphatic rings. The first kappa shape index (κ1) is 17.2. The fourth-order valence-corrected chi connectivity index (χ4v) is 3.90. The van der Waals surface area contributed by atoms with Crippen molar-refractivity contribution in [2.75, 3.05) is 11.1 Å². The summed E-state index contributed by atoms with van der Waals surface area (Å²) in [6, 6.07) is 7.91. The lowest BCUT2D eigenvalue weighted by molar-refractivity contribution is -0.113. The number of halogens is 1. The molecule has 1 aromatic carbocycles. The van der Waals surface area contributed by atoms with E-state index in [4.69, 9.17) is 0 Å². The first-order valence-electron chi connectivity index (χ1n) is 7.08. The zero-order valence-electron chi connectivity index (χ0n) is 12.7. The number of rotatable bonds is 5. The van der Waals surface area contributed by atoms with E-state index in [0.29, 0.717) is 5.69 Å². The van der Waals surface area contributed by atoms with Crippen LogP contribution in [0.3, 0.4) is 0 Å². The van der Waals surface area contributed by atoms with E-state index in [1.54, 1.807) is 23.8 Å². The number of hydrogen-bond donors (Lipinski definition) is 1. The Kier molecular flexibility index (Phi) is 4.86. The van der Waals surface area contributed by atoms with Crippen LogP contribution >= 0.6 is 11.3 Å². The van der Waals surface area contributed by atoms with Crippen LogP contribution < -0.4 is 5.32 Å². The smallest absolute Gasteiger partial charge is 0.241 e. The lowest BCUT2D eigenvalue weighted by Crippen LogP contribution is -2.23. The molecule has 0 saturated heterocycles. The van der Waals surface area contributed by atoms with Crippen LogP contribution in [0.2, 0.25) is 0 Å². The second kappa shape index (κ2) is 7.08. The molecule has 3 aromatic rings. The zero-order valence-corrected chi connectivity index (χ0v) is 14.3. The third kappa shape index (κ3) is 4.25. The van der Waals surface area contributed by atoms with Crippen molar-refractivity contribution in [1.29, 1.82) is 0 Å². The van der Waals surface area contributed by atoms with E-state index < -0.39 is 27.3 Å². The van der Waals surface area contributed by atoms with E-state index >= 15 is 0 Å². The summed E-state index contributed by atoms with van der Waals surface area (Å²) >= 11 is 1.18. The van der Waals surface area contributed by atoms with Crippen LogP contribution in [0.1, 0.15) is 0 Å². The third-order valence-corrected chi connectivity index (χ3v) is 5.59. The van der Waals surface area contributed by atoms with Crippen molar-refractivity contribution in [2.24, 2.45) is 0 Å². The number of nitrogens with one attached hydrogen (secondary N) is 1. The molecule has 2 aromatic heterocycles. The number of anilines is 1. The molecule has 2 heterocycles. The molecule has 1 amide bonds. The minimum absolute atomic E-state index is 0.112. The Morgan fingerprint density at radius 2 is 1.96 bits per heavy atom. The van der Waals surface area contributed by atoms with Crippen LogP contribution in [-0.4, -0.2) is 30.0 Å². The first-order chi connectivity index (χ1) is 11.9. The summed E-state index contributed by atoms with van der Waals surface area (Å²) in [7, 11) is -3.85. The molecular formula is C16H12FN3O3S2. The molecule has 0 fully saturated rings. The van der Waals surface area contributed by atoms with E-state index in [1.165, 1.54) is 11.3 Å². The highest BCUT2D eigenvalue weighted by Crippen LogP contribution is 2.24. The summed E-state index contributed by atoms with van der Waals surface area (Å²) in [6.45, 7) is 0. The Hall–Kier alpha value is -2.65. The largest absolute Gasteiger partial charge is 0.301 e. The van der Waals surface area contributed by atoms with Crippen LogP contribution in [-0.2, 0) is 14.6 Å². The van der Waals surface area contributed by atoms with Crippen molar-refractivity contribution in [3.63, 3.8) is 0 Å². The fourth-order valence-electron chi connectivity index (χ4n) is 2.03. The van der Waals surface area contributed by atoms with Gasteiger partial charge in [-0.2, -0.15) is 0 Å². The van der Waals surface area contributed by atoms with Gasteiger partial charge in [0.2, 0.25) is 5.91 Å². The minimum atomic E-state index is -3.85. The van der Waals surface area contributed by atoms with Gasteiger partial charge in [-0.05, 0) is 36.4 Å². The maximum Gasteiger partial charge on any atom is 0.241 e. The molecule has 0 unspecified atom stereocenters. The van der Waals surface area contributed by atoms with Crippen molar-refractivity contribution < 1.29 is 17.6 Å². The van der Waals surface area contributed by atoms with E-state index in [0.717, 1.165) is 29.8 Å². The predicted molar refractivity (Wildman–Crippen MR) is 92.4 cm³/mol. The van der Waals surface area contributed by atoms with Crippen LogP contribution in [0.4, 0.5) is 9.52 Å². The summed E-state index contributed by atoms with van der Waals surface area (Å²) in [4.78, 5) is 20.1. The lowest BCUT2D eigenvalue weighted by Gasteiger charge is -2.04. The van der Waals surface area contributed by atoms with E-state index in [2.05, 4.69) is 15.3 Å². The standard InChI is InChI=1S/C16H12FN3O3S2/c17-12-3-5-13(6-4-12)25(22,23)10-15(21)20-16-19-14(9-24-16)11-2-1-7-18-8-11/h1-9H,10H2,(H,19,20,21). The SMILES string of the molecule is O=C(CS(=O)(=O)c1ccc(F)cc1)Nc1nc(-c2cccnc2)cs1. The number of pyridine rings is 1. The normalized spacial score (nSPS) is 11.2. The summed E-state index contributed by atoms with van der Waals surface area (Å²) < 4.78 is 37.2. The second-order valence-electron chi connectivity index (χ2n) is 5.04. The van der Waals surface area contributed by atoms with Gasteiger partial charge in [-0.15, -0.1) is 11.3 Å². The third-order valence-electron chi connectivity index (χ3n) is 3.20. The number of amides is 1.